The summed E-state index contributed by atoms with van der Waals surface area (Å²) in [6.07, 6.45) is -4.04. The standard InChI is InChI=1S/C12H18N2O2/c1-4-11-9(7-16-12(11)15)5-10-6-13-8(2)14(10)3/h6,9,11H,4-5,7H2,1-3H3/t9-,11-/m0/s1/i1D3,3D3,4D2,6D,11D. The van der Waals surface area contributed by atoms with E-state index in [4.69, 9.17) is 18.4 Å². The van der Waals surface area contributed by atoms with Gasteiger partial charge in [-0.25, -0.2) is 4.98 Å². The molecule has 1 saturated heterocycles. The third kappa shape index (κ3) is 1.84. The molecule has 0 N–H and O–H groups in total. The first-order valence-electron chi connectivity index (χ1n) is 9.77. The van der Waals surface area contributed by atoms with E-state index in [1.165, 1.54) is 6.92 Å². The highest BCUT2D eigenvalue weighted by atomic mass is 16.5. The predicted octanol–water partition coefficient (Wildman–Crippen LogP) is 1.47. The summed E-state index contributed by atoms with van der Waals surface area (Å²) in [4.78, 5) is 15.9. The van der Waals surface area contributed by atoms with Crippen LogP contribution in [-0.4, -0.2) is 22.1 Å². The zero-order valence-corrected chi connectivity index (χ0v) is 8.70. The molecule has 0 aromatic carbocycles. The fourth-order valence-electron chi connectivity index (χ4n) is 1.63. The SMILES string of the molecule is [2H]c1nc(C)n(C([2H])([2H])[2H])c1C[C@H]1COC(=O)[C@@]1([2H])C([2H])([2H])C([2H])([2H])[2H]. The third-order valence-electron chi connectivity index (χ3n) is 2.56. The molecule has 1 aromatic rings. The van der Waals surface area contributed by atoms with E-state index in [9.17, 15) is 4.79 Å². The molecule has 0 unspecified atom stereocenters. The quantitative estimate of drug-likeness (QED) is 0.741. The summed E-state index contributed by atoms with van der Waals surface area (Å²) in [5.41, 5.74) is -0.135. The zero-order valence-electron chi connectivity index (χ0n) is 18.7. The maximum Gasteiger partial charge on any atom is 0.309 e. The number of imidazole rings is 1. The highest BCUT2D eigenvalue weighted by Gasteiger charge is 2.35. The molecular formula is C12H18N2O2. The van der Waals surface area contributed by atoms with Crippen LogP contribution < -0.4 is 0 Å². The van der Waals surface area contributed by atoms with Crippen LogP contribution in [0.3, 0.4) is 0 Å². The Hall–Kier alpha value is -1.32. The van der Waals surface area contributed by atoms with Gasteiger partial charge in [0, 0.05) is 37.1 Å². The smallest absolute Gasteiger partial charge is 0.309 e. The number of carbonyl (C=O) groups excluding carboxylic acids is 1. The molecule has 0 bridgehead atoms. The van der Waals surface area contributed by atoms with Crippen molar-refractivity contribution in [2.75, 3.05) is 6.61 Å². The van der Waals surface area contributed by atoms with Gasteiger partial charge in [-0.05, 0) is 19.7 Å². The van der Waals surface area contributed by atoms with Gasteiger partial charge in [0.2, 0.25) is 0 Å². The number of aryl methyl sites for hydroxylation is 1. The van der Waals surface area contributed by atoms with E-state index in [1.54, 1.807) is 0 Å². The predicted molar refractivity (Wildman–Crippen MR) is 59.9 cm³/mol. The summed E-state index contributed by atoms with van der Waals surface area (Å²) in [6, 6.07) is 0. The monoisotopic (exact) mass is 232 g/mol. The molecular weight excluding hydrogens is 204 g/mol. The Balaban J connectivity index is 2.53. The first kappa shape index (κ1) is 4.17. The van der Waals surface area contributed by atoms with E-state index in [-0.39, 0.29) is 11.5 Å². The Labute approximate surface area is 110 Å². The third-order valence-corrected chi connectivity index (χ3v) is 2.56. The van der Waals surface area contributed by atoms with E-state index >= 15 is 0 Å². The first-order chi connectivity index (χ1) is 11.5. The Morgan fingerprint density at radius 3 is 3.56 bits per heavy atom. The highest BCUT2D eigenvalue weighted by molar-refractivity contribution is 5.74. The summed E-state index contributed by atoms with van der Waals surface area (Å²) < 4.78 is 82.2. The molecule has 0 aliphatic carbocycles. The van der Waals surface area contributed by atoms with Gasteiger partial charge >= 0.3 is 5.97 Å². The van der Waals surface area contributed by atoms with E-state index in [0.717, 1.165) is 4.57 Å². The number of nitrogens with zero attached hydrogens (tertiary/aromatic N) is 2. The molecule has 0 saturated carbocycles. The van der Waals surface area contributed by atoms with Crippen LogP contribution in [0.1, 0.15) is 38.5 Å². The van der Waals surface area contributed by atoms with Crippen molar-refractivity contribution < 1.29 is 23.2 Å². The van der Waals surface area contributed by atoms with Gasteiger partial charge in [-0.2, -0.15) is 0 Å². The summed E-state index contributed by atoms with van der Waals surface area (Å²) in [5, 5.41) is 0. The molecule has 16 heavy (non-hydrogen) atoms. The number of hydrogen-bond acceptors (Lipinski definition) is 3. The van der Waals surface area contributed by atoms with Crippen LogP contribution in [0.25, 0.3) is 0 Å². The van der Waals surface area contributed by atoms with Crippen molar-refractivity contribution in [1.82, 2.24) is 9.55 Å². The van der Waals surface area contributed by atoms with Gasteiger partial charge in [-0.15, -0.1) is 0 Å². The number of hydrogen-bond donors (Lipinski definition) is 0. The van der Waals surface area contributed by atoms with E-state index in [2.05, 4.69) is 4.98 Å². The summed E-state index contributed by atoms with van der Waals surface area (Å²) >= 11 is 0. The summed E-state index contributed by atoms with van der Waals surface area (Å²) in [5.74, 6) is -5.38. The molecule has 1 aliphatic rings. The lowest BCUT2D eigenvalue weighted by Crippen LogP contribution is -2.18. The van der Waals surface area contributed by atoms with Gasteiger partial charge in [0.05, 0.1) is 13.9 Å². The average Bonchev–Trinajstić information content (AvgIpc) is 2.89. The van der Waals surface area contributed by atoms with Crippen molar-refractivity contribution in [3.05, 3.63) is 17.7 Å². The van der Waals surface area contributed by atoms with Crippen molar-refractivity contribution in [1.29, 1.82) is 0 Å². The molecule has 0 spiro atoms. The van der Waals surface area contributed by atoms with Crippen molar-refractivity contribution in [2.24, 2.45) is 18.8 Å². The normalized spacial score (nSPS) is 41.1. The Morgan fingerprint density at radius 1 is 1.94 bits per heavy atom. The molecule has 4 nitrogen and oxygen atoms in total. The fraction of sp³-hybridized carbons (Fsp3) is 0.667. The van der Waals surface area contributed by atoms with Crippen LogP contribution in [0, 0.1) is 18.7 Å². The highest BCUT2D eigenvalue weighted by Crippen LogP contribution is 2.28. The minimum Gasteiger partial charge on any atom is -0.465 e. The molecule has 2 atom stereocenters. The number of rotatable bonds is 3. The van der Waals surface area contributed by atoms with Gasteiger partial charge in [0.15, 0.2) is 0 Å². The maximum absolute atomic E-state index is 12.1. The average molecular weight is 232 g/mol. The van der Waals surface area contributed by atoms with Crippen LogP contribution in [0.5, 0.6) is 0 Å². The largest absolute Gasteiger partial charge is 0.465 e. The molecule has 1 aromatic heterocycles. The van der Waals surface area contributed by atoms with Gasteiger partial charge in [0.25, 0.3) is 0 Å². The van der Waals surface area contributed by atoms with E-state index in [1.807, 2.05) is 0 Å². The minimum absolute atomic E-state index is 0.0182. The molecule has 2 rings (SSSR count). The van der Waals surface area contributed by atoms with Gasteiger partial charge in [-0.1, -0.05) is 6.85 Å². The van der Waals surface area contributed by atoms with Crippen LogP contribution in [0.4, 0.5) is 0 Å². The lowest BCUT2D eigenvalue weighted by atomic mass is 9.89. The second kappa shape index (κ2) is 4.28. The van der Waals surface area contributed by atoms with E-state index in [0.29, 0.717) is 0 Å². The van der Waals surface area contributed by atoms with Crippen LogP contribution >= 0.6 is 0 Å². The van der Waals surface area contributed by atoms with Crippen LogP contribution in [0.15, 0.2) is 6.17 Å². The van der Waals surface area contributed by atoms with Gasteiger partial charge in [0.1, 0.15) is 5.82 Å². The zero-order chi connectivity index (χ0) is 20.3. The number of esters is 1. The summed E-state index contributed by atoms with van der Waals surface area (Å²) in [7, 11) is 0. The molecule has 4 heteroatoms. The Bertz CT molecular complexity index is 723. The molecule has 88 valence electrons. The Kier molecular flexibility index (Phi) is 1.11. The van der Waals surface area contributed by atoms with Gasteiger partial charge in [-0.3, -0.25) is 4.79 Å². The van der Waals surface area contributed by atoms with Crippen LogP contribution in [0.2, 0.25) is 0 Å². The topological polar surface area (TPSA) is 44.1 Å². The molecule has 1 aliphatic heterocycles. The molecule has 2 heterocycles. The number of aromatic nitrogens is 2. The minimum atomic E-state index is -3.28. The molecule has 1 fully saturated rings. The lowest BCUT2D eigenvalue weighted by Gasteiger charge is -2.13. The number of ether oxygens (including phenoxy) is 1. The molecule has 0 radical (unpaired) electrons. The molecule has 0 amide bonds. The second-order valence-corrected chi connectivity index (χ2v) is 3.59. The maximum atomic E-state index is 12.1. The van der Waals surface area contributed by atoms with Gasteiger partial charge < -0.3 is 9.30 Å². The van der Waals surface area contributed by atoms with Crippen LogP contribution in [-0.2, 0) is 22.9 Å². The summed E-state index contributed by atoms with van der Waals surface area (Å²) in [6.45, 7) is -5.04. The Morgan fingerprint density at radius 2 is 2.81 bits per heavy atom. The number of carbonyl (C=O) groups is 1. The van der Waals surface area contributed by atoms with Crippen molar-refractivity contribution >= 4 is 5.97 Å². The lowest BCUT2D eigenvalue weighted by molar-refractivity contribution is -0.141. The fourth-order valence-corrected chi connectivity index (χ4v) is 1.63. The number of cyclic esters (lactones) is 1. The van der Waals surface area contributed by atoms with Crippen molar-refractivity contribution in [3.63, 3.8) is 0 Å². The van der Waals surface area contributed by atoms with Crippen molar-refractivity contribution in [3.8, 4) is 0 Å². The van der Waals surface area contributed by atoms with E-state index < -0.39 is 57.2 Å². The first-order valence-corrected chi connectivity index (χ1v) is 4.77. The second-order valence-electron chi connectivity index (χ2n) is 3.59. The van der Waals surface area contributed by atoms with Crippen molar-refractivity contribution in [2.45, 2.75) is 26.6 Å².